The van der Waals surface area contributed by atoms with Crippen LogP contribution in [0.3, 0.4) is 0 Å². The Morgan fingerprint density at radius 2 is 2.22 bits per heavy atom. The van der Waals surface area contributed by atoms with E-state index in [1.807, 2.05) is 19.2 Å². The van der Waals surface area contributed by atoms with Crippen LogP contribution >= 0.6 is 22.9 Å². The van der Waals surface area contributed by atoms with Crippen LogP contribution in [-0.4, -0.2) is 25.1 Å². The van der Waals surface area contributed by atoms with Crippen LogP contribution < -0.4 is 4.90 Å². The molecule has 0 saturated carbocycles. The van der Waals surface area contributed by atoms with Crippen molar-refractivity contribution in [2.24, 2.45) is 0 Å². The summed E-state index contributed by atoms with van der Waals surface area (Å²) in [6, 6.07) is 0. The first-order valence-corrected chi connectivity index (χ1v) is 7.52. The van der Waals surface area contributed by atoms with Gasteiger partial charge in [0.05, 0.1) is 5.69 Å². The molecular formula is C13H20ClNO2S. The van der Waals surface area contributed by atoms with Crippen molar-refractivity contribution in [1.82, 2.24) is 0 Å². The van der Waals surface area contributed by atoms with Crippen molar-refractivity contribution in [2.45, 2.75) is 33.6 Å². The first-order chi connectivity index (χ1) is 8.61. The van der Waals surface area contributed by atoms with Gasteiger partial charge in [0.15, 0.2) is 0 Å². The van der Waals surface area contributed by atoms with Gasteiger partial charge in [-0.25, -0.2) is 0 Å². The third-order valence-electron chi connectivity index (χ3n) is 2.67. The summed E-state index contributed by atoms with van der Waals surface area (Å²) in [4.78, 5) is 14.7. The smallest absolute Gasteiger partial charge is 0.243 e. The number of rotatable bonds is 7. The van der Waals surface area contributed by atoms with E-state index in [2.05, 4.69) is 6.92 Å². The number of aryl methyl sites for hydroxylation is 2. The van der Waals surface area contributed by atoms with Gasteiger partial charge < -0.3 is 4.74 Å². The summed E-state index contributed by atoms with van der Waals surface area (Å²) in [6.07, 6.45) is 2.09. The molecule has 0 aliphatic rings. The van der Waals surface area contributed by atoms with E-state index in [0.29, 0.717) is 6.61 Å². The van der Waals surface area contributed by atoms with Gasteiger partial charge in [0.25, 0.3) is 0 Å². The van der Waals surface area contributed by atoms with Crippen molar-refractivity contribution in [3.8, 4) is 0 Å². The molecule has 1 amide bonds. The molecule has 0 unspecified atom stereocenters. The number of hydrogen-bond donors (Lipinski definition) is 0. The Labute approximate surface area is 118 Å². The monoisotopic (exact) mass is 289 g/mol. The highest BCUT2D eigenvalue weighted by Gasteiger charge is 2.19. The highest BCUT2D eigenvalue weighted by molar-refractivity contribution is 7.10. The topological polar surface area (TPSA) is 29.5 Å². The minimum absolute atomic E-state index is 0.0220. The Hall–Kier alpha value is -0.580. The number of unbranched alkanes of at least 4 members (excludes halogenated alkanes) is 1. The zero-order valence-corrected chi connectivity index (χ0v) is 12.7. The Balaban J connectivity index is 2.76. The molecule has 0 fully saturated rings. The van der Waals surface area contributed by atoms with Crippen LogP contribution in [-0.2, 0) is 9.53 Å². The van der Waals surface area contributed by atoms with Crippen molar-refractivity contribution >= 4 is 34.5 Å². The van der Waals surface area contributed by atoms with E-state index in [1.165, 1.54) is 0 Å². The second kappa shape index (κ2) is 7.77. The van der Waals surface area contributed by atoms with Crippen LogP contribution in [0.5, 0.6) is 0 Å². The molecule has 5 heteroatoms. The highest BCUT2D eigenvalue weighted by atomic mass is 35.5. The number of alkyl halides is 1. The standard InChI is InChI=1S/C13H20ClNO2S/c1-4-5-6-17-9-15(12(16)7-14)13-10(2)8-18-11(13)3/h8H,4-7,9H2,1-3H3. The summed E-state index contributed by atoms with van der Waals surface area (Å²) in [7, 11) is 0. The summed E-state index contributed by atoms with van der Waals surface area (Å²) < 4.78 is 5.54. The summed E-state index contributed by atoms with van der Waals surface area (Å²) in [5.74, 6) is -0.135. The van der Waals surface area contributed by atoms with E-state index in [9.17, 15) is 4.79 Å². The molecule has 3 nitrogen and oxygen atoms in total. The lowest BCUT2D eigenvalue weighted by atomic mass is 10.2. The third kappa shape index (κ3) is 3.97. The lowest BCUT2D eigenvalue weighted by Crippen LogP contribution is -2.34. The number of thiophene rings is 1. The van der Waals surface area contributed by atoms with Gasteiger partial charge in [-0.3, -0.25) is 9.69 Å². The fourth-order valence-corrected chi connectivity index (χ4v) is 2.70. The molecule has 1 aromatic heterocycles. The van der Waals surface area contributed by atoms with Gasteiger partial charge >= 0.3 is 0 Å². The Morgan fingerprint density at radius 1 is 1.50 bits per heavy atom. The number of carbonyl (C=O) groups excluding carboxylic acids is 1. The highest BCUT2D eigenvalue weighted by Crippen LogP contribution is 2.30. The fraction of sp³-hybridized carbons (Fsp3) is 0.615. The summed E-state index contributed by atoms with van der Waals surface area (Å²) in [5, 5.41) is 2.05. The molecule has 0 aliphatic heterocycles. The first-order valence-electron chi connectivity index (χ1n) is 6.10. The normalized spacial score (nSPS) is 10.7. The number of carbonyl (C=O) groups is 1. The van der Waals surface area contributed by atoms with Crippen LogP contribution in [0.25, 0.3) is 0 Å². The predicted molar refractivity (Wildman–Crippen MR) is 77.7 cm³/mol. The second-order valence-electron chi connectivity index (χ2n) is 4.17. The molecule has 0 aliphatic carbocycles. The zero-order chi connectivity index (χ0) is 13.5. The molecule has 0 spiro atoms. The van der Waals surface area contributed by atoms with E-state index in [4.69, 9.17) is 16.3 Å². The molecule has 0 atom stereocenters. The van der Waals surface area contributed by atoms with E-state index in [0.717, 1.165) is 29.0 Å². The quantitative estimate of drug-likeness (QED) is 0.435. The molecule has 0 N–H and O–H groups in total. The molecule has 0 aromatic carbocycles. The first kappa shape index (κ1) is 15.5. The van der Waals surface area contributed by atoms with Crippen LogP contribution in [0, 0.1) is 13.8 Å². The van der Waals surface area contributed by atoms with E-state index >= 15 is 0 Å². The van der Waals surface area contributed by atoms with Crippen LogP contribution in [0.1, 0.15) is 30.2 Å². The van der Waals surface area contributed by atoms with Gasteiger partial charge in [-0.2, -0.15) is 0 Å². The molecule has 0 saturated heterocycles. The summed E-state index contributed by atoms with van der Waals surface area (Å²) >= 11 is 7.30. The molecule has 1 aromatic rings. The van der Waals surface area contributed by atoms with Gasteiger partial charge in [0.1, 0.15) is 12.6 Å². The van der Waals surface area contributed by atoms with Crippen molar-refractivity contribution in [2.75, 3.05) is 24.1 Å². The van der Waals surface area contributed by atoms with Gasteiger partial charge in [-0.15, -0.1) is 22.9 Å². The second-order valence-corrected chi connectivity index (χ2v) is 5.52. The lowest BCUT2D eigenvalue weighted by Gasteiger charge is -2.22. The molecule has 18 heavy (non-hydrogen) atoms. The summed E-state index contributed by atoms with van der Waals surface area (Å²) in [6.45, 7) is 7.07. The Bertz CT molecular complexity index is 373. The molecular weight excluding hydrogens is 270 g/mol. The van der Waals surface area contributed by atoms with E-state index < -0.39 is 0 Å². The molecule has 102 valence electrons. The van der Waals surface area contributed by atoms with Gasteiger partial charge in [-0.05, 0) is 31.2 Å². The molecule has 0 radical (unpaired) electrons. The maximum Gasteiger partial charge on any atom is 0.243 e. The summed E-state index contributed by atoms with van der Waals surface area (Å²) in [5.41, 5.74) is 2.04. The third-order valence-corrected chi connectivity index (χ3v) is 3.91. The minimum Gasteiger partial charge on any atom is -0.361 e. The van der Waals surface area contributed by atoms with Crippen LogP contribution in [0.2, 0.25) is 0 Å². The number of ether oxygens (including phenoxy) is 1. The van der Waals surface area contributed by atoms with Crippen molar-refractivity contribution in [1.29, 1.82) is 0 Å². The van der Waals surface area contributed by atoms with Gasteiger partial charge in [0.2, 0.25) is 5.91 Å². The Kier molecular flexibility index (Phi) is 6.68. The number of hydrogen-bond acceptors (Lipinski definition) is 3. The number of halogens is 1. The number of anilines is 1. The maximum absolute atomic E-state index is 11.9. The average Bonchev–Trinajstić information content (AvgIpc) is 2.69. The Morgan fingerprint density at radius 3 is 2.72 bits per heavy atom. The van der Waals surface area contributed by atoms with Gasteiger partial charge in [0, 0.05) is 11.5 Å². The molecule has 0 bridgehead atoms. The van der Waals surface area contributed by atoms with Crippen LogP contribution in [0.4, 0.5) is 5.69 Å². The van der Waals surface area contributed by atoms with Gasteiger partial charge in [-0.1, -0.05) is 13.3 Å². The van der Waals surface area contributed by atoms with Crippen LogP contribution in [0.15, 0.2) is 5.38 Å². The SMILES string of the molecule is CCCCOCN(C(=O)CCl)c1c(C)csc1C. The van der Waals surface area contributed by atoms with Crippen molar-refractivity contribution < 1.29 is 9.53 Å². The number of amides is 1. The molecule has 1 rings (SSSR count). The maximum atomic E-state index is 11.9. The van der Waals surface area contributed by atoms with Crippen molar-refractivity contribution in [3.05, 3.63) is 15.8 Å². The average molecular weight is 290 g/mol. The lowest BCUT2D eigenvalue weighted by molar-refractivity contribution is -0.117. The van der Waals surface area contributed by atoms with Crippen molar-refractivity contribution in [3.63, 3.8) is 0 Å². The predicted octanol–water partition coefficient (Wildman–Crippen LogP) is 3.71. The minimum atomic E-state index is -0.113. The van der Waals surface area contributed by atoms with E-state index in [1.54, 1.807) is 16.2 Å². The fourth-order valence-electron chi connectivity index (χ4n) is 1.70. The largest absolute Gasteiger partial charge is 0.361 e. The molecule has 1 heterocycles. The number of nitrogens with zero attached hydrogens (tertiary/aromatic N) is 1. The zero-order valence-electron chi connectivity index (χ0n) is 11.2. The van der Waals surface area contributed by atoms with E-state index in [-0.39, 0.29) is 18.5 Å².